The number of anilines is 2. The van der Waals surface area contributed by atoms with Crippen molar-refractivity contribution in [3.63, 3.8) is 0 Å². The van der Waals surface area contributed by atoms with Crippen LogP contribution in [0, 0.1) is 0 Å². The molecule has 12 nitrogen and oxygen atoms in total. The molecule has 2 aromatic heterocycles. The average Bonchev–Trinajstić information content (AvgIpc) is 3.28. The summed E-state index contributed by atoms with van der Waals surface area (Å²) in [5, 5.41) is 8.33. The maximum atomic E-state index is 13.9. The molecule has 42 heavy (non-hydrogen) atoms. The van der Waals surface area contributed by atoms with Gasteiger partial charge in [0.25, 0.3) is 5.91 Å². The minimum absolute atomic E-state index is 0.101. The normalized spacial score (nSPS) is 18.1. The zero-order valence-corrected chi connectivity index (χ0v) is 26.1. The molecule has 0 bridgehead atoms. The first-order chi connectivity index (χ1) is 19.7. The van der Waals surface area contributed by atoms with Gasteiger partial charge < -0.3 is 19.9 Å². The molecule has 2 aliphatic heterocycles. The van der Waals surface area contributed by atoms with Crippen LogP contribution in [0.15, 0.2) is 30.3 Å². The van der Waals surface area contributed by atoms with E-state index in [2.05, 4.69) is 15.0 Å². The number of amides is 2. The lowest BCUT2D eigenvalue weighted by atomic mass is 9.98. The van der Waals surface area contributed by atoms with Gasteiger partial charge in [-0.2, -0.15) is 9.61 Å². The quantitative estimate of drug-likeness (QED) is 0.377. The zero-order chi connectivity index (χ0) is 30.4. The van der Waals surface area contributed by atoms with E-state index in [0.717, 1.165) is 19.1 Å². The van der Waals surface area contributed by atoms with Gasteiger partial charge in [-0.25, -0.2) is 18.2 Å². The number of nitrogens with one attached hydrogen (secondary N) is 2. The molecule has 5 rings (SSSR count). The minimum Gasteiger partial charge on any atom is -0.444 e. The second-order valence-electron chi connectivity index (χ2n) is 11.6. The molecule has 2 saturated heterocycles. The highest BCUT2D eigenvalue weighted by Gasteiger charge is 2.35. The number of fused-ring (bicyclic) bond motifs is 1. The van der Waals surface area contributed by atoms with Crippen molar-refractivity contribution in [2.45, 2.75) is 57.7 Å². The zero-order valence-electron chi connectivity index (χ0n) is 23.7. The third-order valence-corrected chi connectivity index (χ3v) is 7.95. The average molecular weight is 639 g/mol. The van der Waals surface area contributed by atoms with Crippen molar-refractivity contribution in [1.82, 2.24) is 24.8 Å². The Hall–Kier alpha value is -3.29. The first-order valence-corrected chi connectivity index (χ1v) is 16.2. The fourth-order valence-corrected chi connectivity index (χ4v) is 6.12. The van der Waals surface area contributed by atoms with Gasteiger partial charge in [-0.1, -0.05) is 23.2 Å². The van der Waals surface area contributed by atoms with Crippen molar-refractivity contribution < 1.29 is 22.7 Å². The summed E-state index contributed by atoms with van der Waals surface area (Å²) in [5.74, 6) is 0.358. The summed E-state index contributed by atoms with van der Waals surface area (Å²) >= 11 is 12.6. The SMILES string of the molecule is CC(C)(C)OC(=O)NC1CN(c2cc(Cl)nc3cc(C4CCCCN4C(=O)c4cc(Cl)ccc4NS(C)(=O)=O)nn23)C1. The number of alkyl carbamates (subject to hydrolysis) is 1. The Labute approximate surface area is 254 Å². The van der Waals surface area contributed by atoms with Gasteiger partial charge in [0, 0.05) is 36.8 Å². The van der Waals surface area contributed by atoms with Crippen molar-refractivity contribution in [3.8, 4) is 0 Å². The standard InChI is InChI=1S/C27H33Cl2N7O5S/c1-27(2,3)41-26(38)30-17-14-34(15-17)24-13-22(29)31-23-12-20(32-36(23)24)21-7-5-6-10-35(21)25(37)18-11-16(28)8-9-19(18)33-42(4,39)40/h8-9,11-13,17,21,33H,5-7,10,14-15H2,1-4H3,(H,30,38). The van der Waals surface area contributed by atoms with Crippen LogP contribution in [0.25, 0.3) is 5.65 Å². The Morgan fingerprint density at radius 2 is 1.83 bits per heavy atom. The molecule has 0 radical (unpaired) electrons. The summed E-state index contributed by atoms with van der Waals surface area (Å²) in [6, 6.07) is 7.54. The number of hydrogen-bond donors (Lipinski definition) is 2. The first-order valence-electron chi connectivity index (χ1n) is 13.6. The Bertz CT molecular complexity index is 1630. The number of halogens is 2. The van der Waals surface area contributed by atoms with Crippen LogP contribution in [0.3, 0.4) is 0 Å². The number of aromatic nitrogens is 3. The van der Waals surface area contributed by atoms with Crippen LogP contribution >= 0.6 is 23.2 Å². The van der Waals surface area contributed by atoms with Crippen LogP contribution in [0.4, 0.5) is 16.3 Å². The Kier molecular flexibility index (Phi) is 8.20. The molecule has 0 saturated carbocycles. The van der Waals surface area contributed by atoms with Crippen molar-refractivity contribution in [2.75, 3.05) is 35.5 Å². The highest BCUT2D eigenvalue weighted by Crippen LogP contribution is 2.35. The third kappa shape index (κ3) is 6.84. The van der Waals surface area contributed by atoms with Crippen LogP contribution < -0.4 is 14.9 Å². The monoisotopic (exact) mass is 637 g/mol. The van der Waals surface area contributed by atoms with Gasteiger partial charge >= 0.3 is 6.09 Å². The van der Waals surface area contributed by atoms with Crippen LogP contribution in [0.5, 0.6) is 0 Å². The molecule has 2 amide bonds. The van der Waals surface area contributed by atoms with E-state index in [-0.39, 0.29) is 29.2 Å². The number of hydrogen-bond acceptors (Lipinski definition) is 8. The molecule has 2 fully saturated rings. The lowest BCUT2D eigenvalue weighted by Gasteiger charge is -2.41. The van der Waals surface area contributed by atoms with E-state index >= 15 is 0 Å². The number of piperidine rings is 1. The fraction of sp³-hybridized carbons (Fsp3) is 0.481. The number of likely N-dealkylation sites (tertiary alicyclic amines) is 1. The number of nitrogens with zero attached hydrogens (tertiary/aromatic N) is 5. The molecule has 1 aromatic carbocycles. The molecule has 2 aliphatic rings. The molecular formula is C27H33Cl2N7O5S. The van der Waals surface area contributed by atoms with Gasteiger partial charge in [-0.3, -0.25) is 9.52 Å². The van der Waals surface area contributed by atoms with Gasteiger partial charge in [0.2, 0.25) is 10.0 Å². The van der Waals surface area contributed by atoms with Crippen LogP contribution in [-0.2, 0) is 14.8 Å². The smallest absolute Gasteiger partial charge is 0.407 e. The number of sulfonamides is 1. The molecule has 4 heterocycles. The molecule has 2 N–H and O–H groups in total. The van der Waals surface area contributed by atoms with E-state index in [1.807, 2.05) is 31.7 Å². The first kappa shape index (κ1) is 30.2. The molecule has 0 aliphatic carbocycles. The lowest BCUT2D eigenvalue weighted by Crippen LogP contribution is -2.60. The van der Waals surface area contributed by atoms with Gasteiger partial charge in [0.15, 0.2) is 5.65 Å². The van der Waals surface area contributed by atoms with Crippen LogP contribution in [0.1, 0.15) is 62.1 Å². The van der Waals surface area contributed by atoms with E-state index in [1.54, 1.807) is 15.5 Å². The van der Waals surface area contributed by atoms with E-state index < -0.39 is 21.7 Å². The van der Waals surface area contributed by atoms with Crippen molar-refractivity contribution in [1.29, 1.82) is 0 Å². The Morgan fingerprint density at radius 1 is 1.10 bits per heavy atom. The van der Waals surface area contributed by atoms with E-state index in [1.165, 1.54) is 18.2 Å². The largest absolute Gasteiger partial charge is 0.444 e. The third-order valence-electron chi connectivity index (χ3n) is 6.93. The molecule has 0 spiro atoms. The number of carbonyl (C=O) groups excluding carboxylic acids is 2. The number of benzene rings is 1. The van der Waals surface area contributed by atoms with Gasteiger partial charge in [0.1, 0.15) is 16.6 Å². The van der Waals surface area contributed by atoms with Crippen LogP contribution in [0.2, 0.25) is 10.2 Å². The predicted octanol–water partition coefficient (Wildman–Crippen LogP) is 4.49. The molecular weight excluding hydrogens is 605 g/mol. The van der Waals surface area contributed by atoms with Crippen LogP contribution in [-0.4, -0.2) is 77.4 Å². The van der Waals surface area contributed by atoms with E-state index in [0.29, 0.717) is 53.4 Å². The van der Waals surface area contributed by atoms with Gasteiger partial charge in [-0.05, 0) is 58.2 Å². The van der Waals surface area contributed by atoms with E-state index in [9.17, 15) is 18.0 Å². The Morgan fingerprint density at radius 3 is 2.52 bits per heavy atom. The van der Waals surface area contributed by atoms with Crippen molar-refractivity contribution in [2.24, 2.45) is 0 Å². The number of rotatable bonds is 6. The Balaban J connectivity index is 1.40. The predicted molar refractivity (Wildman–Crippen MR) is 161 cm³/mol. The van der Waals surface area contributed by atoms with Crippen molar-refractivity contribution in [3.05, 3.63) is 51.8 Å². The number of carbonyl (C=O) groups is 2. The maximum Gasteiger partial charge on any atom is 0.407 e. The summed E-state index contributed by atoms with van der Waals surface area (Å²) in [4.78, 5) is 34.2. The molecule has 15 heteroatoms. The minimum atomic E-state index is -3.63. The number of ether oxygens (including phenoxy) is 1. The van der Waals surface area contributed by atoms with Gasteiger partial charge in [0.05, 0.1) is 35.3 Å². The maximum absolute atomic E-state index is 13.9. The highest BCUT2D eigenvalue weighted by atomic mass is 35.5. The second kappa shape index (κ2) is 11.4. The summed E-state index contributed by atoms with van der Waals surface area (Å²) < 4.78 is 33.4. The molecule has 1 unspecified atom stereocenters. The fourth-order valence-electron chi connectivity index (χ4n) is 5.18. The van der Waals surface area contributed by atoms with Crippen molar-refractivity contribution >= 4 is 62.4 Å². The summed E-state index contributed by atoms with van der Waals surface area (Å²) in [6.45, 7) is 6.96. The molecule has 226 valence electrons. The molecule has 1 atom stereocenters. The van der Waals surface area contributed by atoms with Gasteiger partial charge in [-0.15, -0.1) is 0 Å². The second-order valence-corrected chi connectivity index (χ2v) is 14.2. The topological polar surface area (TPSA) is 138 Å². The summed E-state index contributed by atoms with van der Waals surface area (Å²) in [5.41, 5.74) is 0.902. The highest BCUT2D eigenvalue weighted by molar-refractivity contribution is 7.92. The lowest BCUT2D eigenvalue weighted by molar-refractivity contribution is 0.0495. The summed E-state index contributed by atoms with van der Waals surface area (Å²) in [6.07, 6.45) is 2.90. The molecule has 3 aromatic rings. The van der Waals surface area contributed by atoms with E-state index in [4.69, 9.17) is 33.0 Å². The summed E-state index contributed by atoms with van der Waals surface area (Å²) in [7, 11) is -3.63.